The maximum Gasteiger partial charge on any atom is 0.255 e. The van der Waals surface area contributed by atoms with Crippen molar-refractivity contribution in [2.75, 3.05) is 26.3 Å². The molecule has 8 heteroatoms. The topological polar surface area (TPSA) is 88.2 Å². The first-order chi connectivity index (χ1) is 16.5. The molecule has 3 aliphatic heterocycles. The van der Waals surface area contributed by atoms with Crippen LogP contribution in [0.1, 0.15) is 41.3 Å². The van der Waals surface area contributed by atoms with Crippen LogP contribution in [-0.4, -0.2) is 59.9 Å². The van der Waals surface area contributed by atoms with Crippen molar-refractivity contribution in [1.82, 2.24) is 15.1 Å². The van der Waals surface area contributed by atoms with E-state index in [-0.39, 0.29) is 42.8 Å². The molecule has 1 N–H and O–H groups in total. The van der Waals surface area contributed by atoms with Gasteiger partial charge in [0.2, 0.25) is 11.8 Å². The van der Waals surface area contributed by atoms with Crippen LogP contribution in [0.5, 0.6) is 5.75 Å². The number of carbonyl (C=O) groups excluding carboxylic acids is 3. The molecule has 5 rings (SSSR count). The second-order valence-electron chi connectivity index (χ2n) is 8.59. The van der Waals surface area contributed by atoms with E-state index in [4.69, 9.17) is 10.8 Å². The minimum atomic E-state index is -0.719. The van der Waals surface area contributed by atoms with E-state index < -0.39 is 11.9 Å². The van der Waals surface area contributed by atoms with Crippen molar-refractivity contribution in [3.05, 3.63) is 64.7 Å². The summed E-state index contributed by atoms with van der Waals surface area (Å²) in [6.45, 7) is 4.83. The lowest BCUT2D eigenvalue weighted by Gasteiger charge is -2.29. The number of carbonyl (C=O) groups is 3. The van der Waals surface area contributed by atoms with E-state index in [1.54, 1.807) is 12.1 Å². The van der Waals surface area contributed by atoms with Crippen molar-refractivity contribution in [2.45, 2.75) is 38.6 Å². The predicted octanol–water partition coefficient (Wildman–Crippen LogP) is 1.86. The van der Waals surface area contributed by atoms with Gasteiger partial charge < -0.3 is 14.4 Å². The van der Waals surface area contributed by atoms with E-state index >= 15 is 0 Å². The van der Waals surface area contributed by atoms with Gasteiger partial charge in [0, 0.05) is 37.2 Å². The molecule has 1 atom stereocenters. The third-order valence-corrected chi connectivity index (χ3v) is 6.38. The number of morpholine rings is 1. The Morgan fingerprint density at radius 1 is 1.09 bits per heavy atom. The quantitative estimate of drug-likeness (QED) is 0.676. The Hall–Kier alpha value is -3.23. The van der Waals surface area contributed by atoms with E-state index in [2.05, 4.69) is 22.3 Å². The molecule has 0 radical (unpaired) electrons. The Morgan fingerprint density at radius 2 is 1.85 bits per heavy atom. The first kappa shape index (κ1) is 20.4. The highest BCUT2D eigenvalue weighted by atomic mass is 16.5. The van der Waals surface area contributed by atoms with Gasteiger partial charge in [-0.3, -0.25) is 24.6 Å². The minimum Gasteiger partial charge on any atom is -0.489 e. The van der Waals surface area contributed by atoms with Crippen LogP contribution < -0.4 is 10.1 Å². The van der Waals surface area contributed by atoms with E-state index in [0.29, 0.717) is 17.9 Å². The summed E-state index contributed by atoms with van der Waals surface area (Å²) in [4.78, 5) is 40.7. The van der Waals surface area contributed by atoms with Crippen molar-refractivity contribution in [1.29, 1.82) is 0 Å². The molecule has 3 aliphatic rings. The Balaban J connectivity index is 1.26. The lowest BCUT2D eigenvalue weighted by molar-refractivity contribution is -0.136. The first-order valence-electron chi connectivity index (χ1n) is 11.8. The molecule has 33 heavy (non-hydrogen) atoms. The van der Waals surface area contributed by atoms with Gasteiger partial charge >= 0.3 is 0 Å². The molecule has 3 amide bonds. The van der Waals surface area contributed by atoms with Gasteiger partial charge in [-0.2, -0.15) is 0 Å². The summed E-state index contributed by atoms with van der Waals surface area (Å²) in [5, 5.41) is 2.30. The fourth-order valence-electron chi connectivity index (χ4n) is 4.53. The highest BCUT2D eigenvalue weighted by Gasteiger charge is 2.40. The summed E-state index contributed by atoms with van der Waals surface area (Å²) in [7, 11) is 0. The Kier molecular flexibility index (Phi) is 5.76. The van der Waals surface area contributed by atoms with Gasteiger partial charge in [0.1, 0.15) is 18.4 Å². The van der Waals surface area contributed by atoms with E-state index in [1.807, 2.05) is 12.1 Å². The van der Waals surface area contributed by atoms with Crippen LogP contribution in [0.15, 0.2) is 42.4 Å². The molecule has 0 spiro atoms. The standard InChI is InChI=1S/C25H27N3O5/c29-23-9-8-21(24(30)26-23)28-15-20-19(25(28)31)2-1-3-22(20)33-16-18-6-4-17(5-7-18)14-27-10-12-32-13-11-27/h1-7,21H,8-16H2,(H,26,29,30)/i2D. The zero-order chi connectivity index (χ0) is 23.7. The number of hydrogen-bond donors (Lipinski definition) is 1. The average Bonchev–Trinajstić information content (AvgIpc) is 3.18. The zero-order valence-electron chi connectivity index (χ0n) is 19.3. The van der Waals surface area contributed by atoms with Crippen molar-refractivity contribution < 1.29 is 25.2 Å². The molecule has 172 valence electrons. The number of nitrogens with zero attached hydrogens (tertiary/aromatic N) is 2. The molecule has 2 aromatic rings. The summed E-state index contributed by atoms with van der Waals surface area (Å²) in [5.41, 5.74) is 3.12. The fraction of sp³-hybridized carbons (Fsp3) is 0.400. The van der Waals surface area contributed by atoms with E-state index in [0.717, 1.165) is 38.4 Å². The third-order valence-electron chi connectivity index (χ3n) is 6.38. The van der Waals surface area contributed by atoms with Crippen LogP contribution in [0, 0.1) is 0 Å². The van der Waals surface area contributed by atoms with Crippen LogP contribution >= 0.6 is 0 Å². The first-order valence-corrected chi connectivity index (χ1v) is 11.3. The second-order valence-corrected chi connectivity index (χ2v) is 8.59. The highest BCUT2D eigenvalue weighted by Crippen LogP contribution is 2.34. The number of ether oxygens (including phenoxy) is 2. The van der Waals surface area contributed by atoms with Crippen molar-refractivity contribution >= 4 is 17.7 Å². The van der Waals surface area contributed by atoms with E-state index in [9.17, 15) is 14.4 Å². The smallest absolute Gasteiger partial charge is 0.255 e. The molecular weight excluding hydrogens is 422 g/mol. The van der Waals surface area contributed by atoms with Gasteiger partial charge in [-0.1, -0.05) is 30.3 Å². The summed E-state index contributed by atoms with van der Waals surface area (Å²) in [6.07, 6.45) is 0.472. The van der Waals surface area contributed by atoms with Crippen molar-refractivity contribution in [3.8, 4) is 5.75 Å². The van der Waals surface area contributed by atoms with Gasteiger partial charge in [0.15, 0.2) is 0 Å². The second kappa shape index (κ2) is 9.33. The van der Waals surface area contributed by atoms with Gasteiger partial charge in [-0.05, 0) is 29.7 Å². The lowest BCUT2D eigenvalue weighted by Crippen LogP contribution is -2.52. The van der Waals surface area contributed by atoms with Gasteiger partial charge in [-0.15, -0.1) is 0 Å². The Bertz CT molecular complexity index is 1110. The molecular formula is C25H27N3O5. The maximum atomic E-state index is 13.0. The number of fused-ring (bicyclic) bond motifs is 1. The van der Waals surface area contributed by atoms with E-state index in [1.165, 1.54) is 10.5 Å². The molecule has 1 unspecified atom stereocenters. The van der Waals surface area contributed by atoms with Crippen LogP contribution in [-0.2, 0) is 34.0 Å². The van der Waals surface area contributed by atoms with Gasteiger partial charge in [0.25, 0.3) is 5.91 Å². The molecule has 3 heterocycles. The van der Waals surface area contributed by atoms with Crippen LogP contribution in [0.4, 0.5) is 0 Å². The largest absolute Gasteiger partial charge is 0.489 e. The average molecular weight is 451 g/mol. The van der Waals surface area contributed by atoms with Crippen LogP contribution in [0.2, 0.25) is 0 Å². The molecule has 0 saturated carbocycles. The third kappa shape index (κ3) is 4.62. The SMILES string of the molecule is [2H]c1ccc(OCc2ccc(CN3CCOCC3)cc2)c2c1C(=O)N(C1CCC(=O)NC1=O)C2. The van der Waals surface area contributed by atoms with Crippen molar-refractivity contribution in [2.24, 2.45) is 0 Å². The zero-order valence-corrected chi connectivity index (χ0v) is 18.3. The molecule has 2 saturated heterocycles. The normalized spacial score (nSPS) is 21.6. The number of benzene rings is 2. The van der Waals surface area contributed by atoms with Gasteiger partial charge in [0.05, 0.1) is 21.1 Å². The molecule has 2 fully saturated rings. The number of amides is 3. The Labute approximate surface area is 193 Å². The fourth-order valence-corrected chi connectivity index (χ4v) is 4.53. The minimum absolute atomic E-state index is 0.106. The number of hydrogen-bond acceptors (Lipinski definition) is 6. The molecule has 0 aliphatic carbocycles. The lowest BCUT2D eigenvalue weighted by atomic mass is 10.0. The summed E-state index contributed by atoms with van der Waals surface area (Å²) >= 11 is 0. The van der Waals surface area contributed by atoms with Crippen LogP contribution in [0.25, 0.3) is 0 Å². The molecule has 0 aromatic heterocycles. The van der Waals surface area contributed by atoms with Crippen LogP contribution in [0.3, 0.4) is 0 Å². The highest BCUT2D eigenvalue weighted by molar-refractivity contribution is 6.05. The van der Waals surface area contributed by atoms with Crippen molar-refractivity contribution in [3.63, 3.8) is 0 Å². The molecule has 8 nitrogen and oxygen atoms in total. The molecule has 2 aromatic carbocycles. The molecule has 0 bridgehead atoms. The maximum absolute atomic E-state index is 13.0. The number of nitrogens with one attached hydrogen (secondary N) is 1. The predicted molar refractivity (Wildman–Crippen MR) is 119 cm³/mol. The number of rotatable bonds is 6. The summed E-state index contributed by atoms with van der Waals surface area (Å²) < 4.78 is 19.7. The number of piperidine rings is 1. The summed E-state index contributed by atoms with van der Waals surface area (Å²) in [5.74, 6) is -0.630. The van der Waals surface area contributed by atoms with Gasteiger partial charge in [-0.25, -0.2) is 0 Å². The monoisotopic (exact) mass is 450 g/mol. The Morgan fingerprint density at radius 3 is 2.61 bits per heavy atom. The number of imide groups is 1. The summed E-state index contributed by atoms with van der Waals surface area (Å²) in [6, 6.07) is 10.9.